The SMILES string of the molecule is N#Cc1ccc(C(NCCN)c2ccc(C#N)cc2)cc1. The molecule has 2 aromatic carbocycles. The van der Waals surface area contributed by atoms with Gasteiger partial charge in [0, 0.05) is 13.1 Å². The molecule has 0 saturated carbocycles. The van der Waals surface area contributed by atoms with Crippen LogP contribution in [0.5, 0.6) is 0 Å². The summed E-state index contributed by atoms with van der Waals surface area (Å²) in [5, 5.41) is 21.1. The van der Waals surface area contributed by atoms with Gasteiger partial charge in [0.15, 0.2) is 0 Å². The minimum Gasteiger partial charge on any atom is -0.329 e. The van der Waals surface area contributed by atoms with E-state index in [9.17, 15) is 0 Å². The summed E-state index contributed by atoms with van der Waals surface area (Å²) < 4.78 is 0. The van der Waals surface area contributed by atoms with Crippen molar-refractivity contribution >= 4 is 0 Å². The molecule has 3 N–H and O–H groups in total. The Balaban J connectivity index is 2.32. The van der Waals surface area contributed by atoms with Crippen LogP contribution in [0.25, 0.3) is 0 Å². The third-order valence-electron chi connectivity index (χ3n) is 3.24. The van der Waals surface area contributed by atoms with Gasteiger partial charge in [-0.3, -0.25) is 0 Å². The monoisotopic (exact) mass is 276 g/mol. The highest BCUT2D eigenvalue weighted by molar-refractivity contribution is 5.39. The highest BCUT2D eigenvalue weighted by Crippen LogP contribution is 2.22. The molecule has 21 heavy (non-hydrogen) atoms. The predicted octanol–water partition coefficient (Wildman–Crippen LogP) is 2.07. The zero-order chi connectivity index (χ0) is 15.1. The topological polar surface area (TPSA) is 85.6 Å². The molecule has 0 fully saturated rings. The second kappa shape index (κ2) is 7.21. The van der Waals surface area contributed by atoms with Crippen LogP contribution in [0.3, 0.4) is 0 Å². The summed E-state index contributed by atoms with van der Waals surface area (Å²) in [5.41, 5.74) is 8.97. The zero-order valence-corrected chi connectivity index (χ0v) is 11.6. The summed E-state index contributed by atoms with van der Waals surface area (Å²) in [4.78, 5) is 0. The molecule has 0 heterocycles. The van der Waals surface area contributed by atoms with Crippen LogP contribution in [0.4, 0.5) is 0 Å². The lowest BCUT2D eigenvalue weighted by atomic mass is 9.97. The molecule has 104 valence electrons. The smallest absolute Gasteiger partial charge is 0.0991 e. The molecule has 0 saturated heterocycles. The summed E-state index contributed by atoms with van der Waals surface area (Å²) >= 11 is 0. The number of rotatable bonds is 5. The molecule has 2 rings (SSSR count). The van der Waals surface area contributed by atoms with Crippen LogP contribution < -0.4 is 11.1 Å². The van der Waals surface area contributed by atoms with E-state index in [1.165, 1.54) is 0 Å². The van der Waals surface area contributed by atoms with Crippen LogP contribution >= 0.6 is 0 Å². The largest absolute Gasteiger partial charge is 0.329 e. The highest BCUT2D eigenvalue weighted by atomic mass is 14.9. The zero-order valence-electron chi connectivity index (χ0n) is 11.6. The van der Waals surface area contributed by atoms with Crippen molar-refractivity contribution in [2.75, 3.05) is 13.1 Å². The molecule has 0 amide bonds. The number of hydrogen-bond acceptors (Lipinski definition) is 4. The lowest BCUT2D eigenvalue weighted by molar-refractivity contribution is 0.612. The first-order chi connectivity index (χ1) is 10.3. The fourth-order valence-electron chi connectivity index (χ4n) is 2.16. The van der Waals surface area contributed by atoms with Crippen molar-refractivity contribution in [2.24, 2.45) is 5.73 Å². The fraction of sp³-hybridized carbons (Fsp3) is 0.176. The first kappa shape index (κ1) is 14.7. The molecule has 0 aliphatic heterocycles. The normalized spacial score (nSPS) is 10.1. The molecule has 4 nitrogen and oxygen atoms in total. The molecular formula is C17H16N4. The minimum atomic E-state index is -0.00552. The van der Waals surface area contributed by atoms with E-state index in [0.29, 0.717) is 24.2 Å². The van der Waals surface area contributed by atoms with Crippen molar-refractivity contribution < 1.29 is 0 Å². The molecule has 0 spiro atoms. The molecule has 0 aliphatic carbocycles. The maximum absolute atomic E-state index is 8.87. The van der Waals surface area contributed by atoms with Gasteiger partial charge in [0.2, 0.25) is 0 Å². The third kappa shape index (κ3) is 3.67. The molecule has 0 atom stereocenters. The van der Waals surface area contributed by atoms with Gasteiger partial charge >= 0.3 is 0 Å². The van der Waals surface area contributed by atoms with Crippen LogP contribution in [0.1, 0.15) is 28.3 Å². The Labute approximate surface area is 124 Å². The van der Waals surface area contributed by atoms with Gasteiger partial charge in [-0.2, -0.15) is 10.5 Å². The van der Waals surface area contributed by atoms with E-state index in [1.54, 1.807) is 24.3 Å². The van der Waals surface area contributed by atoms with Crippen molar-refractivity contribution in [1.29, 1.82) is 10.5 Å². The standard InChI is InChI=1S/C17H16N4/c18-9-10-21-17(15-5-1-13(11-19)2-6-15)16-7-3-14(12-20)4-8-16/h1-8,17,21H,9-10,18H2. The van der Waals surface area contributed by atoms with E-state index in [0.717, 1.165) is 11.1 Å². The van der Waals surface area contributed by atoms with Crippen LogP contribution in [-0.4, -0.2) is 13.1 Å². The van der Waals surface area contributed by atoms with Crippen molar-refractivity contribution in [3.05, 3.63) is 70.8 Å². The van der Waals surface area contributed by atoms with E-state index in [4.69, 9.17) is 16.3 Å². The Morgan fingerprint density at radius 3 is 1.62 bits per heavy atom. The van der Waals surface area contributed by atoms with E-state index in [-0.39, 0.29) is 6.04 Å². The van der Waals surface area contributed by atoms with Gasteiger partial charge in [0.25, 0.3) is 0 Å². The van der Waals surface area contributed by atoms with Gasteiger partial charge < -0.3 is 11.1 Å². The van der Waals surface area contributed by atoms with Gasteiger partial charge in [-0.1, -0.05) is 24.3 Å². The Morgan fingerprint density at radius 1 is 0.857 bits per heavy atom. The summed E-state index contributed by atoms with van der Waals surface area (Å²) in [6.07, 6.45) is 0. The van der Waals surface area contributed by atoms with Crippen LogP contribution in [-0.2, 0) is 0 Å². The molecule has 0 aromatic heterocycles. The summed E-state index contributed by atoms with van der Waals surface area (Å²) in [6.45, 7) is 1.23. The maximum Gasteiger partial charge on any atom is 0.0991 e. The van der Waals surface area contributed by atoms with Gasteiger partial charge in [0.05, 0.1) is 29.3 Å². The van der Waals surface area contributed by atoms with Crippen LogP contribution in [0, 0.1) is 22.7 Å². The van der Waals surface area contributed by atoms with E-state index < -0.39 is 0 Å². The lowest BCUT2D eigenvalue weighted by Gasteiger charge is -2.19. The number of nitriles is 2. The quantitative estimate of drug-likeness (QED) is 0.875. The first-order valence-corrected chi connectivity index (χ1v) is 6.72. The molecular weight excluding hydrogens is 260 g/mol. The van der Waals surface area contributed by atoms with Gasteiger partial charge in [-0.25, -0.2) is 0 Å². The molecule has 4 heteroatoms. The van der Waals surface area contributed by atoms with E-state index in [1.807, 2.05) is 24.3 Å². The van der Waals surface area contributed by atoms with Gasteiger partial charge in [0.1, 0.15) is 0 Å². The minimum absolute atomic E-state index is 0.00552. The highest BCUT2D eigenvalue weighted by Gasteiger charge is 2.13. The van der Waals surface area contributed by atoms with Crippen molar-refractivity contribution in [2.45, 2.75) is 6.04 Å². The number of benzene rings is 2. The molecule has 0 bridgehead atoms. The molecule has 0 unspecified atom stereocenters. The maximum atomic E-state index is 8.87. The Bertz CT molecular complexity index is 602. The molecule has 2 aromatic rings. The average Bonchev–Trinajstić information content (AvgIpc) is 2.56. The Morgan fingerprint density at radius 2 is 1.29 bits per heavy atom. The number of nitrogens with two attached hydrogens (primary N) is 1. The second-order valence-corrected chi connectivity index (χ2v) is 4.64. The lowest BCUT2D eigenvalue weighted by Crippen LogP contribution is -2.28. The molecule has 0 radical (unpaired) electrons. The van der Waals surface area contributed by atoms with Crippen molar-refractivity contribution in [3.8, 4) is 12.1 Å². The van der Waals surface area contributed by atoms with Crippen molar-refractivity contribution in [1.82, 2.24) is 5.32 Å². The Hall–Kier alpha value is -2.66. The predicted molar refractivity (Wildman–Crippen MR) is 81.2 cm³/mol. The van der Waals surface area contributed by atoms with Crippen molar-refractivity contribution in [3.63, 3.8) is 0 Å². The molecule has 0 aliphatic rings. The van der Waals surface area contributed by atoms with E-state index >= 15 is 0 Å². The van der Waals surface area contributed by atoms with Gasteiger partial charge in [-0.05, 0) is 35.4 Å². The van der Waals surface area contributed by atoms with Crippen LogP contribution in [0.2, 0.25) is 0 Å². The first-order valence-electron chi connectivity index (χ1n) is 6.72. The van der Waals surface area contributed by atoms with E-state index in [2.05, 4.69) is 17.5 Å². The number of nitrogens with zero attached hydrogens (tertiary/aromatic N) is 2. The average molecular weight is 276 g/mol. The Kier molecular flexibility index (Phi) is 5.06. The van der Waals surface area contributed by atoms with Crippen LogP contribution in [0.15, 0.2) is 48.5 Å². The second-order valence-electron chi connectivity index (χ2n) is 4.64. The number of nitrogens with one attached hydrogen (secondary N) is 1. The fourth-order valence-corrected chi connectivity index (χ4v) is 2.16. The van der Waals surface area contributed by atoms with Gasteiger partial charge in [-0.15, -0.1) is 0 Å². The third-order valence-corrected chi connectivity index (χ3v) is 3.24. The number of hydrogen-bond donors (Lipinski definition) is 2. The summed E-state index contributed by atoms with van der Waals surface area (Å²) in [7, 11) is 0. The summed E-state index contributed by atoms with van der Waals surface area (Å²) in [5.74, 6) is 0. The summed E-state index contributed by atoms with van der Waals surface area (Å²) in [6, 6.07) is 19.2.